The first-order valence-electron chi connectivity index (χ1n) is 14.3. The summed E-state index contributed by atoms with van der Waals surface area (Å²) in [6.07, 6.45) is 0.539. The van der Waals surface area contributed by atoms with Crippen molar-refractivity contribution < 1.29 is 32.7 Å². The number of rotatable bonds is 14. The lowest BCUT2D eigenvalue weighted by molar-refractivity contribution is 0.0526. The monoisotopic (exact) mass is 611 g/mol. The molecule has 0 bridgehead atoms. The van der Waals surface area contributed by atoms with E-state index in [4.69, 9.17) is 23.5 Å². The summed E-state index contributed by atoms with van der Waals surface area (Å²) in [6.45, 7) is 10.7. The van der Waals surface area contributed by atoms with Gasteiger partial charge in [-0.15, -0.1) is 0 Å². The zero-order valence-corrected chi connectivity index (χ0v) is 26.3. The minimum absolute atomic E-state index is 0.225. The number of nitrogens with zero attached hydrogens (tertiary/aromatic N) is 4. The fraction of sp³-hybridized carbons (Fsp3) is 0.400. The highest BCUT2D eigenvalue weighted by Crippen LogP contribution is 2.46. The number of nitrogens with one attached hydrogen (secondary N) is 1. The quantitative estimate of drug-likeness (QED) is 0.152. The Morgan fingerprint density at radius 1 is 0.977 bits per heavy atom. The number of fused-ring (bicyclic) bond motifs is 1. The fourth-order valence-electron chi connectivity index (χ4n) is 4.78. The second-order valence-electron chi connectivity index (χ2n) is 9.54. The van der Waals surface area contributed by atoms with Crippen molar-refractivity contribution in [2.45, 2.75) is 54.1 Å². The molecule has 0 atom stereocenters. The Morgan fingerprint density at radius 3 is 2.28 bits per heavy atom. The standard InChI is InChI=1S/C30H38N5O7P/c1-7-35-25(17-20(5)33-35)28(36)32-30-31-24-18-22(29(37)40-8-2)19-26(39-6)27(24)34(30)16-15-21-11-13-23(14-12-21)43(38,41-9-3)42-10-4/h11-14,17-19H,7-10,15-16H2,1-6H3,(H,31,32,36). The number of aryl methyl sites for hydroxylation is 4. The molecule has 12 nitrogen and oxygen atoms in total. The third-order valence-corrected chi connectivity index (χ3v) is 8.80. The van der Waals surface area contributed by atoms with Crippen molar-refractivity contribution >= 4 is 41.8 Å². The number of hydrogen-bond donors (Lipinski definition) is 1. The largest absolute Gasteiger partial charge is 0.494 e. The Labute approximate surface area is 250 Å². The van der Waals surface area contributed by atoms with Gasteiger partial charge in [0.05, 0.1) is 49.0 Å². The van der Waals surface area contributed by atoms with Crippen LogP contribution in [0.15, 0.2) is 42.5 Å². The van der Waals surface area contributed by atoms with Gasteiger partial charge in [0.1, 0.15) is 17.0 Å². The van der Waals surface area contributed by atoms with Gasteiger partial charge in [-0.3, -0.25) is 19.4 Å². The molecule has 0 saturated carbocycles. The zero-order chi connectivity index (χ0) is 31.1. The second-order valence-corrected chi connectivity index (χ2v) is 11.6. The minimum Gasteiger partial charge on any atom is -0.494 e. The summed E-state index contributed by atoms with van der Waals surface area (Å²) in [6, 6.07) is 12.2. The maximum absolute atomic E-state index is 13.4. The number of amides is 1. The van der Waals surface area contributed by atoms with Crippen molar-refractivity contribution in [2.24, 2.45) is 0 Å². The van der Waals surface area contributed by atoms with Crippen LogP contribution in [-0.4, -0.2) is 58.1 Å². The number of aromatic nitrogens is 4. The van der Waals surface area contributed by atoms with E-state index in [0.717, 1.165) is 11.3 Å². The van der Waals surface area contributed by atoms with E-state index in [0.29, 0.717) is 47.3 Å². The van der Waals surface area contributed by atoms with Crippen LogP contribution in [0.1, 0.15) is 59.8 Å². The van der Waals surface area contributed by atoms with Gasteiger partial charge in [0.15, 0.2) is 0 Å². The third kappa shape index (κ3) is 6.98. The number of methoxy groups -OCH3 is 1. The summed E-state index contributed by atoms with van der Waals surface area (Å²) in [5.41, 5.74) is 3.44. The number of carbonyl (C=O) groups excluding carboxylic acids is 2. The molecule has 0 aliphatic carbocycles. The summed E-state index contributed by atoms with van der Waals surface area (Å²) in [5.74, 6) is -0.167. The Hall–Kier alpha value is -3.99. The molecule has 43 heavy (non-hydrogen) atoms. The highest BCUT2D eigenvalue weighted by molar-refractivity contribution is 7.62. The summed E-state index contributed by atoms with van der Waals surface area (Å²) >= 11 is 0. The van der Waals surface area contributed by atoms with Crippen molar-refractivity contribution in [3.05, 3.63) is 65.0 Å². The van der Waals surface area contributed by atoms with Crippen LogP contribution in [0.2, 0.25) is 0 Å². The van der Waals surface area contributed by atoms with Crippen molar-refractivity contribution in [1.29, 1.82) is 0 Å². The van der Waals surface area contributed by atoms with Crippen LogP contribution in [0.25, 0.3) is 11.0 Å². The first kappa shape index (κ1) is 31.9. The Morgan fingerprint density at radius 2 is 1.67 bits per heavy atom. The molecular formula is C30H38N5O7P. The molecule has 0 spiro atoms. The molecule has 4 aromatic rings. The molecule has 0 radical (unpaired) electrons. The summed E-state index contributed by atoms with van der Waals surface area (Å²) < 4.78 is 38.4. The molecule has 0 fully saturated rings. The highest BCUT2D eigenvalue weighted by atomic mass is 31.2. The van der Waals surface area contributed by atoms with Crippen molar-refractivity contribution in [3.63, 3.8) is 0 Å². The number of ether oxygens (including phenoxy) is 2. The molecule has 0 aliphatic rings. The molecule has 2 aromatic carbocycles. The average Bonchev–Trinajstić information content (AvgIpc) is 3.55. The molecule has 1 N–H and O–H groups in total. The van der Waals surface area contributed by atoms with Gasteiger partial charge >= 0.3 is 13.6 Å². The molecule has 230 valence electrons. The maximum Gasteiger partial charge on any atom is 0.361 e. The van der Waals surface area contributed by atoms with E-state index < -0.39 is 13.6 Å². The lowest BCUT2D eigenvalue weighted by atomic mass is 10.1. The smallest absolute Gasteiger partial charge is 0.361 e. The summed E-state index contributed by atoms with van der Waals surface area (Å²) in [7, 11) is -1.89. The van der Waals surface area contributed by atoms with Gasteiger partial charge in [0, 0.05) is 13.1 Å². The lowest BCUT2D eigenvalue weighted by Gasteiger charge is -2.17. The van der Waals surface area contributed by atoms with Gasteiger partial charge in [-0.05, 0) is 76.9 Å². The van der Waals surface area contributed by atoms with Crippen LogP contribution in [0.4, 0.5) is 5.95 Å². The summed E-state index contributed by atoms with van der Waals surface area (Å²) in [5, 5.41) is 7.79. The van der Waals surface area contributed by atoms with Crippen molar-refractivity contribution in [2.75, 3.05) is 32.2 Å². The van der Waals surface area contributed by atoms with Gasteiger partial charge in [-0.2, -0.15) is 5.10 Å². The molecule has 2 heterocycles. The molecule has 0 saturated heterocycles. The normalized spacial score (nSPS) is 11.6. The molecule has 0 unspecified atom stereocenters. The van der Waals surface area contributed by atoms with Gasteiger partial charge in [0.25, 0.3) is 5.91 Å². The van der Waals surface area contributed by atoms with Gasteiger partial charge in [-0.1, -0.05) is 12.1 Å². The van der Waals surface area contributed by atoms with Crippen LogP contribution in [0.3, 0.4) is 0 Å². The van der Waals surface area contributed by atoms with Gasteiger partial charge in [-0.25, -0.2) is 9.78 Å². The molecule has 4 rings (SSSR count). The maximum atomic E-state index is 13.4. The highest BCUT2D eigenvalue weighted by Gasteiger charge is 2.27. The zero-order valence-electron chi connectivity index (χ0n) is 25.4. The SMILES string of the molecule is CCOC(=O)c1cc(OC)c2c(c1)nc(NC(=O)c1cc(C)nn1CC)n2CCc1ccc(P(=O)(OCC)OCC)cc1. The summed E-state index contributed by atoms with van der Waals surface area (Å²) in [4.78, 5) is 30.6. The van der Waals surface area contributed by atoms with Crippen LogP contribution in [0, 0.1) is 6.92 Å². The molecular weight excluding hydrogens is 573 g/mol. The Kier molecular flexibility index (Phi) is 10.4. The predicted octanol–water partition coefficient (Wildman–Crippen LogP) is 5.13. The first-order valence-corrected chi connectivity index (χ1v) is 15.8. The van der Waals surface area contributed by atoms with E-state index in [2.05, 4.69) is 10.4 Å². The van der Waals surface area contributed by atoms with Crippen LogP contribution < -0.4 is 15.4 Å². The Balaban J connectivity index is 1.72. The number of benzene rings is 2. The predicted molar refractivity (Wildman–Crippen MR) is 163 cm³/mol. The average molecular weight is 612 g/mol. The molecule has 1 amide bonds. The van der Waals surface area contributed by atoms with Gasteiger partial charge < -0.3 is 23.1 Å². The molecule has 0 aliphatic heterocycles. The fourth-order valence-corrected chi connectivity index (χ4v) is 6.35. The number of anilines is 1. The first-order chi connectivity index (χ1) is 20.7. The number of hydrogen-bond acceptors (Lipinski definition) is 9. The number of esters is 1. The second kappa shape index (κ2) is 14.0. The molecule has 2 aromatic heterocycles. The molecule has 13 heteroatoms. The van der Waals surface area contributed by atoms with Crippen molar-refractivity contribution in [3.8, 4) is 5.75 Å². The number of imidazole rings is 1. The lowest BCUT2D eigenvalue weighted by Crippen LogP contribution is -2.20. The van der Waals surface area contributed by atoms with E-state index in [1.54, 1.807) is 55.8 Å². The topological polar surface area (TPSA) is 136 Å². The van der Waals surface area contributed by atoms with E-state index in [9.17, 15) is 14.2 Å². The van der Waals surface area contributed by atoms with Gasteiger partial charge in [0.2, 0.25) is 5.95 Å². The minimum atomic E-state index is -3.40. The van der Waals surface area contributed by atoms with E-state index in [1.165, 1.54) is 7.11 Å². The number of carbonyl (C=O) groups is 2. The van der Waals surface area contributed by atoms with Crippen molar-refractivity contribution in [1.82, 2.24) is 19.3 Å². The van der Waals surface area contributed by atoms with E-state index >= 15 is 0 Å². The van der Waals surface area contributed by atoms with Crippen LogP contribution >= 0.6 is 7.60 Å². The van der Waals surface area contributed by atoms with Crippen LogP contribution in [0.5, 0.6) is 5.75 Å². The van der Waals surface area contributed by atoms with E-state index in [1.807, 2.05) is 30.5 Å². The van der Waals surface area contributed by atoms with Crippen LogP contribution in [-0.2, 0) is 37.9 Å². The van der Waals surface area contributed by atoms with E-state index in [-0.39, 0.29) is 37.2 Å². The Bertz CT molecular complexity index is 1630. The third-order valence-electron chi connectivity index (χ3n) is 6.67.